The summed E-state index contributed by atoms with van der Waals surface area (Å²) in [4.78, 5) is 15.2. The Kier molecular flexibility index (Phi) is 4.43. The second-order valence-electron chi connectivity index (χ2n) is 7.69. The van der Waals surface area contributed by atoms with Gasteiger partial charge >= 0.3 is 0 Å². The first-order valence-corrected chi connectivity index (χ1v) is 10.1. The third kappa shape index (κ3) is 3.33. The Hall–Kier alpha value is -3.34. The van der Waals surface area contributed by atoms with E-state index in [0.717, 1.165) is 48.1 Å². The van der Waals surface area contributed by atoms with Gasteiger partial charge in [0.1, 0.15) is 0 Å². The highest BCUT2D eigenvalue weighted by Crippen LogP contribution is 2.23. The van der Waals surface area contributed by atoms with Gasteiger partial charge in [-0.05, 0) is 54.3 Å². The second kappa shape index (κ2) is 7.24. The molecule has 0 spiro atoms. The molecule has 0 unspecified atom stereocenters. The predicted molar refractivity (Wildman–Crippen MR) is 115 cm³/mol. The van der Waals surface area contributed by atoms with Gasteiger partial charge in [0, 0.05) is 36.8 Å². The van der Waals surface area contributed by atoms with Crippen molar-refractivity contribution in [3.05, 3.63) is 88.8 Å². The van der Waals surface area contributed by atoms with Gasteiger partial charge in [0.25, 0.3) is 5.91 Å². The first-order chi connectivity index (χ1) is 14.2. The molecule has 0 fully saturated rings. The molecule has 2 aliphatic rings. The molecule has 146 valence electrons. The number of carbonyl (C=O) groups is 1. The smallest absolute Gasteiger partial charge is 0.251 e. The molecule has 29 heavy (non-hydrogen) atoms. The quantitative estimate of drug-likeness (QED) is 0.750. The molecule has 0 saturated heterocycles. The summed E-state index contributed by atoms with van der Waals surface area (Å²) in [6.45, 7) is 2.45. The van der Waals surface area contributed by atoms with Crippen molar-refractivity contribution in [2.24, 2.45) is 7.05 Å². The maximum absolute atomic E-state index is 12.8. The average Bonchev–Trinajstić information content (AvgIpc) is 2.88. The Morgan fingerprint density at radius 2 is 1.90 bits per heavy atom. The van der Waals surface area contributed by atoms with E-state index in [0.29, 0.717) is 6.54 Å². The van der Waals surface area contributed by atoms with E-state index in [-0.39, 0.29) is 5.91 Å². The van der Waals surface area contributed by atoms with E-state index in [4.69, 9.17) is 0 Å². The molecule has 5 nitrogen and oxygen atoms in total. The van der Waals surface area contributed by atoms with Crippen LogP contribution in [0, 0.1) is 0 Å². The molecule has 5 rings (SSSR count). The molecule has 2 aromatic carbocycles. The van der Waals surface area contributed by atoms with E-state index >= 15 is 0 Å². The maximum Gasteiger partial charge on any atom is 0.251 e. The van der Waals surface area contributed by atoms with Crippen LogP contribution < -0.4 is 5.32 Å². The summed E-state index contributed by atoms with van der Waals surface area (Å²) in [6.07, 6.45) is 8.39. The summed E-state index contributed by atoms with van der Waals surface area (Å²) >= 11 is 0. The van der Waals surface area contributed by atoms with E-state index < -0.39 is 0 Å². The third-order valence-corrected chi connectivity index (χ3v) is 5.92. The number of allylic oxidation sites excluding steroid dienone is 3. The minimum atomic E-state index is -0.0479. The molecule has 0 radical (unpaired) electrons. The molecule has 1 N–H and O–H groups in total. The van der Waals surface area contributed by atoms with Crippen molar-refractivity contribution in [1.29, 1.82) is 0 Å². The largest absolute Gasteiger partial charge is 0.371 e. The first kappa shape index (κ1) is 17.7. The Morgan fingerprint density at radius 1 is 1.10 bits per heavy atom. The SMILES string of the molecule is Cn1nc(CNC(=O)c2ccc3c(c2)CCN(C2=CC=C2)CC3)c2ccccc21. The zero-order valence-electron chi connectivity index (χ0n) is 16.6. The standard InChI is InChI=1S/C24H24N4O/c1-27-23-8-3-2-7-21(23)22(26-27)16-25-24(29)19-10-9-17-11-13-28(20-5-4-6-20)14-12-18(17)15-19/h2-10,15H,11-14,16H2,1H3,(H,25,29). The first-order valence-electron chi connectivity index (χ1n) is 10.1. The van der Waals surface area contributed by atoms with Gasteiger partial charge in [-0.15, -0.1) is 0 Å². The highest BCUT2D eigenvalue weighted by Gasteiger charge is 2.18. The van der Waals surface area contributed by atoms with Crippen molar-refractivity contribution in [3.63, 3.8) is 0 Å². The van der Waals surface area contributed by atoms with Crippen molar-refractivity contribution in [2.45, 2.75) is 19.4 Å². The Labute approximate surface area is 170 Å². The van der Waals surface area contributed by atoms with Crippen LogP contribution in [0.3, 0.4) is 0 Å². The zero-order valence-corrected chi connectivity index (χ0v) is 16.6. The lowest BCUT2D eigenvalue weighted by molar-refractivity contribution is 0.0950. The molecule has 5 heteroatoms. The van der Waals surface area contributed by atoms with E-state index in [1.54, 1.807) is 0 Å². The van der Waals surface area contributed by atoms with Crippen LogP contribution in [0.4, 0.5) is 0 Å². The molecule has 1 aliphatic heterocycles. The van der Waals surface area contributed by atoms with E-state index in [1.165, 1.54) is 16.8 Å². The number of para-hydroxylation sites is 1. The van der Waals surface area contributed by atoms with Crippen LogP contribution in [-0.2, 0) is 26.4 Å². The fourth-order valence-corrected chi connectivity index (χ4v) is 4.20. The number of rotatable bonds is 4. The molecule has 1 aliphatic carbocycles. The van der Waals surface area contributed by atoms with Gasteiger partial charge in [-0.25, -0.2) is 0 Å². The summed E-state index contributed by atoms with van der Waals surface area (Å²) in [5.41, 5.74) is 6.64. The van der Waals surface area contributed by atoms with Gasteiger partial charge < -0.3 is 10.2 Å². The number of hydrogen-bond acceptors (Lipinski definition) is 3. The van der Waals surface area contributed by atoms with Crippen molar-refractivity contribution in [2.75, 3.05) is 13.1 Å². The van der Waals surface area contributed by atoms with Crippen LogP contribution in [0.2, 0.25) is 0 Å². The average molecular weight is 384 g/mol. The van der Waals surface area contributed by atoms with Gasteiger partial charge in [0.2, 0.25) is 0 Å². The van der Waals surface area contributed by atoms with Crippen LogP contribution >= 0.6 is 0 Å². The zero-order chi connectivity index (χ0) is 19.8. The molecular formula is C24H24N4O. The lowest BCUT2D eigenvalue weighted by Crippen LogP contribution is -2.26. The van der Waals surface area contributed by atoms with Crippen LogP contribution in [0.25, 0.3) is 10.9 Å². The number of amides is 1. The fourth-order valence-electron chi connectivity index (χ4n) is 4.20. The highest BCUT2D eigenvalue weighted by atomic mass is 16.1. The van der Waals surface area contributed by atoms with Gasteiger partial charge in [-0.3, -0.25) is 9.48 Å². The number of hydrogen-bond donors (Lipinski definition) is 1. The van der Waals surface area contributed by atoms with E-state index in [1.807, 2.05) is 42.1 Å². The molecule has 2 heterocycles. The third-order valence-electron chi connectivity index (χ3n) is 5.92. The van der Waals surface area contributed by atoms with Crippen molar-refractivity contribution < 1.29 is 4.79 Å². The maximum atomic E-state index is 12.8. The van der Waals surface area contributed by atoms with Crippen molar-refractivity contribution in [1.82, 2.24) is 20.0 Å². The number of aromatic nitrogens is 2. The number of nitrogens with one attached hydrogen (secondary N) is 1. The van der Waals surface area contributed by atoms with Crippen LogP contribution in [0.5, 0.6) is 0 Å². The fraction of sp³-hybridized carbons (Fsp3) is 0.250. The number of fused-ring (bicyclic) bond motifs is 2. The molecule has 1 aromatic heterocycles. The minimum absolute atomic E-state index is 0.0479. The van der Waals surface area contributed by atoms with Crippen LogP contribution in [-0.4, -0.2) is 33.7 Å². The van der Waals surface area contributed by atoms with Crippen LogP contribution in [0.1, 0.15) is 27.2 Å². The molecule has 3 aromatic rings. The number of benzene rings is 2. The Balaban J connectivity index is 1.29. The molecule has 1 amide bonds. The number of aryl methyl sites for hydroxylation is 1. The van der Waals surface area contributed by atoms with Crippen molar-refractivity contribution >= 4 is 16.8 Å². The lowest BCUT2D eigenvalue weighted by atomic mass is 10.00. The van der Waals surface area contributed by atoms with Crippen LogP contribution in [0.15, 0.2) is 66.4 Å². The summed E-state index contributed by atoms with van der Waals surface area (Å²) in [5.74, 6) is -0.0479. The molecule has 0 bridgehead atoms. The van der Waals surface area contributed by atoms with E-state index in [2.05, 4.69) is 45.7 Å². The highest BCUT2D eigenvalue weighted by molar-refractivity contribution is 5.94. The summed E-state index contributed by atoms with van der Waals surface area (Å²) in [6, 6.07) is 14.2. The normalized spacial score (nSPS) is 15.5. The number of nitrogens with zero attached hydrogens (tertiary/aromatic N) is 3. The van der Waals surface area contributed by atoms with Gasteiger partial charge in [0.15, 0.2) is 0 Å². The van der Waals surface area contributed by atoms with E-state index in [9.17, 15) is 4.79 Å². The lowest BCUT2D eigenvalue weighted by Gasteiger charge is -2.26. The molecular weight excluding hydrogens is 360 g/mol. The summed E-state index contributed by atoms with van der Waals surface area (Å²) in [5, 5.41) is 8.69. The monoisotopic (exact) mass is 384 g/mol. The summed E-state index contributed by atoms with van der Waals surface area (Å²) < 4.78 is 1.86. The molecule has 0 saturated carbocycles. The number of carbonyl (C=O) groups excluding carboxylic acids is 1. The van der Waals surface area contributed by atoms with Gasteiger partial charge in [-0.2, -0.15) is 5.10 Å². The predicted octanol–water partition coefficient (Wildman–Crippen LogP) is 3.36. The Bertz CT molecular complexity index is 1150. The second-order valence-corrected chi connectivity index (χ2v) is 7.69. The minimum Gasteiger partial charge on any atom is -0.371 e. The van der Waals surface area contributed by atoms with Crippen molar-refractivity contribution in [3.8, 4) is 0 Å². The van der Waals surface area contributed by atoms with Gasteiger partial charge in [0.05, 0.1) is 17.8 Å². The Morgan fingerprint density at radius 3 is 2.69 bits per heavy atom. The molecule has 0 atom stereocenters. The summed E-state index contributed by atoms with van der Waals surface area (Å²) in [7, 11) is 1.93. The van der Waals surface area contributed by atoms with Gasteiger partial charge in [-0.1, -0.05) is 30.3 Å². The topological polar surface area (TPSA) is 50.2 Å².